The Morgan fingerprint density at radius 2 is 1.80 bits per heavy atom. The van der Waals surface area contributed by atoms with Crippen molar-refractivity contribution in [2.45, 2.75) is 26.8 Å². The third-order valence-electron chi connectivity index (χ3n) is 6.67. The number of hydrogen-bond donors (Lipinski definition) is 1. The van der Waals surface area contributed by atoms with Crippen molar-refractivity contribution in [2.75, 3.05) is 20.3 Å². The highest BCUT2D eigenvalue weighted by molar-refractivity contribution is 8.18. The number of ether oxygens (including phenoxy) is 3. The van der Waals surface area contributed by atoms with E-state index in [1.54, 1.807) is 38.3 Å². The number of aliphatic hydroxyl groups excluding tert-OH is 1. The second-order valence-electron chi connectivity index (χ2n) is 9.43. The molecular weight excluding hydrogens is 536 g/mol. The number of esters is 1. The van der Waals surface area contributed by atoms with Gasteiger partial charge in [0.25, 0.3) is 0 Å². The molecule has 0 bridgehead atoms. The van der Waals surface area contributed by atoms with E-state index in [4.69, 9.17) is 14.2 Å². The zero-order valence-corrected chi connectivity index (χ0v) is 24.1. The molecule has 0 amide bonds. The lowest BCUT2D eigenvalue weighted by Gasteiger charge is -2.09. The smallest absolute Gasteiger partial charge is 0.344 e. The van der Waals surface area contributed by atoms with Gasteiger partial charge in [-0.05, 0) is 68.3 Å². The molecule has 1 N–H and O–H groups in total. The lowest BCUT2D eigenvalue weighted by atomic mass is 10.1. The minimum absolute atomic E-state index is 0.0658. The zero-order valence-electron chi connectivity index (χ0n) is 23.3. The van der Waals surface area contributed by atoms with Crippen LogP contribution in [0.1, 0.15) is 24.5 Å². The first kappa shape index (κ1) is 28.1. The summed E-state index contributed by atoms with van der Waals surface area (Å²) in [6, 6.07) is 23.3. The number of aromatic nitrogens is 1. The summed E-state index contributed by atoms with van der Waals surface area (Å²) in [5.74, 6) is 0.865. The molecule has 2 heterocycles. The highest BCUT2D eigenvalue weighted by Gasteiger charge is 2.33. The van der Waals surface area contributed by atoms with Gasteiger partial charge in [0, 0.05) is 29.2 Å². The van der Waals surface area contributed by atoms with E-state index >= 15 is 0 Å². The van der Waals surface area contributed by atoms with Crippen LogP contribution in [0.2, 0.25) is 0 Å². The average Bonchev–Trinajstić information content (AvgIpc) is 3.49. The fourth-order valence-corrected chi connectivity index (χ4v) is 5.64. The minimum atomic E-state index is -0.607. The number of carbonyl (C=O) groups is 1. The number of thioether (sulfide) groups is 1. The molecule has 1 aliphatic heterocycles. The first-order chi connectivity index (χ1) is 20.0. The number of aliphatic hydroxyl groups is 1. The Bertz CT molecular complexity index is 1650. The summed E-state index contributed by atoms with van der Waals surface area (Å²) in [6.45, 7) is 5.33. The second-order valence-corrected chi connectivity index (χ2v) is 10.5. The summed E-state index contributed by atoms with van der Waals surface area (Å²) >= 11 is 1.24. The molecule has 210 valence electrons. The summed E-state index contributed by atoms with van der Waals surface area (Å²) < 4.78 is 18.7. The molecule has 7 nitrogen and oxygen atoms in total. The van der Waals surface area contributed by atoms with E-state index in [1.165, 1.54) is 11.8 Å². The second kappa shape index (κ2) is 12.8. The number of aliphatic imine (C=N–C) groups is 1. The van der Waals surface area contributed by atoms with Crippen molar-refractivity contribution in [1.29, 1.82) is 0 Å². The van der Waals surface area contributed by atoms with Crippen molar-refractivity contribution < 1.29 is 24.1 Å². The molecule has 3 aromatic carbocycles. The number of carbonyl (C=O) groups excluding carboxylic acids is 1. The standard InChI is InChI=1S/C33H32N2O5S/c1-4-39-33(37)30-31(36)29(41-32(30)34-24-14-16-25(38-3)17-15-24)20-23-21-35(27-12-7-6-11-26(23)27)18-9-19-40-28-13-8-5-10-22(28)2/h5-8,10-17,20-21,36H,4,9,18-19H2,1-3H3/b29-20-,34-32?. The SMILES string of the molecule is CCOC(=O)C1=C(O)/C(=C/c2cn(CCCOc3ccccc3C)c3ccccc23)SC1=Nc1ccc(OC)cc1. The van der Waals surface area contributed by atoms with E-state index < -0.39 is 5.97 Å². The van der Waals surface area contributed by atoms with Crippen molar-refractivity contribution in [3.8, 4) is 11.5 Å². The summed E-state index contributed by atoms with van der Waals surface area (Å²) in [6.07, 6.45) is 4.80. The number of fused-ring (bicyclic) bond motifs is 1. The number of benzene rings is 3. The molecule has 0 aliphatic carbocycles. The normalized spacial score (nSPS) is 15.2. The Balaban J connectivity index is 1.42. The Morgan fingerprint density at radius 3 is 2.56 bits per heavy atom. The van der Waals surface area contributed by atoms with Crippen molar-refractivity contribution in [3.05, 3.63) is 106 Å². The predicted octanol–water partition coefficient (Wildman–Crippen LogP) is 7.62. The molecule has 1 aliphatic rings. The highest BCUT2D eigenvalue weighted by atomic mass is 32.2. The molecule has 0 atom stereocenters. The lowest BCUT2D eigenvalue weighted by molar-refractivity contribution is -0.138. The van der Waals surface area contributed by atoms with E-state index in [-0.39, 0.29) is 17.9 Å². The van der Waals surface area contributed by atoms with Gasteiger partial charge in [-0.15, -0.1) is 0 Å². The number of hydrogen-bond acceptors (Lipinski definition) is 7. The van der Waals surface area contributed by atoms with Crippen LogP contribution in [0, 0.1) is 6.92 Å². The molecule has 0 unspecified atom stereocenters. The van der Waals surface area contributed by atoms with Crippen LogP contribution < -0.4 is 9.47 Å². The van der Waals surface area contributed by atoms with Gasteiger partial charge in [-0.1, -0.05) is 48.2 Å². The highest BCUT2D eigenvalue weighted by Crippen LogP contribution is 2.41. The van der Waals surface area contributed by atoms with Gasteiger partial charge >= 0.3 is 5.97 Å². The topological polar surface area (TPSA) is 82.3 Å². The Morgan fingerprint density at radius 1 is 1.05 bits per heavy atom. The van der Waals surface area contributed by atoms with Gasteiger partial charge in [0.2, 0.25) is 0 Å². The molecule has 4 aromatic rings. The maximum atomic E-state index is 12.8. The Kier molecular flexibility index (Phi) is 8.79. The van der Waals surface area contributed by atoms with E-state index in [0.717, 1.165) is 40.7 Å². The molecule has 0 saturated carbocycles. The quantitative estimate of drug-likeness (QED) is 0.157. The number of nitrogens with zero attached hydrogens (tertiary/aromatic N) is 2. The van der Waals surface area contributed by atoms with Crippen LogP contribution in [0.3, 0.4) is 0 Å². The minimum Gasteiger partial charge on any atom is -0.506 e. The maximum absolute atomic E-state index is 12.8. The number of rotatable bonds is 10. The van der Waals surface area contributed by atoms with Gasteiger partial charge in [0.1, 0.15) is 27.9 Å². The molecule has 8 heteroatoms. The number of methoxy groups -OCH3 is 1. The summed E-state index contributed by atoms with van der Waals surface area (Å²) in [5.41, 5.74) is 3.83. The van der Waals surface area contributed by atoms with Gasteiger partial charge < -0.3 is 23.9 Å². The summed E-state index contributed by atoms with van der Waals surface area (Å²) in [7, 11) is 1.60. The van der Waals surface area contributed by atoms with Crippen molar-refractivity contribution in [1.82, 2.24) is 4.57 Å². The van der Waals surface area contributed by atoms with E-state index in [9.17, 15) is 9.90 Å². The van der Waals surface area contributed by atoms with E-state index in [2.05, 4.69) is 27.9 Å². The molecule has 0 fully saturated rings. The number of aryl methyl sites for hydroxylation is 2. The molecule has 1 aromatic heterocycles. The fourth-order valence-electron chi connectivity index (χ4n) is 4.62. The largest absolute Gasteiger partial charge is 0.506 e. The lowest BCUT2D eigenvalue weighted by Crippen LogP contribution is -2.12. The average molecular weight is 569 g/mol. The van der Waals surface area contributed by atoms with Crippen LogP contribution in [-0.2, 0) is 16.1 Å². The molecule has 0 radical (unpaired) electrons. The molecule has 0 saturated heterocycles. The fraction of sp³-hybridized carbons (Fsp3) is 0.212. The summed E-state index contributed by atoms with van der Waals surface area (Å²) in [5, 5.41) is 12.6. The first-order valence-electron chi connectivity index (χ1n) is 13.5. The zero-order chi connectivity index (χ0) is 28.8. The van der Waals surface area contributed by atoms with Crippen molar-refractivity contribution in [3.63, 3.8) is 0 Å². The van der Waals surface area contributed by atoms with Gasteiger partial charge in [-0.2, -0.15) is 0 Å². The Hall–Kier alpha value is -4.43. The third kappa shape index (κ3) is 6.33. The van der Waals surface area contributed by atoms with Crippen LogP contribution in [-0.4, -0.2) is 41.0 Å². The van der Waals surface area contributed by atoms with Crippen LogP contribution in [0.5, 0.6) is 11.5 Å². The summed E-state index contributed by atoms with van der Waals surface area (Å²) in [4.78, 5) is 18.0. The van der Waals surface area contributed by atoms with Gasteiger partial charge in [0.15, 0.2) is 0 Å². The molecule has 0 spiro atoms. The van der Waals surface area contributed by atoms with Gasteiger partial charge in [0.05, 0.1) is 30.9 Å². The first-order valence-corrected chi connectivity index (χ1v) is 14.3. The number of para-hydroxylation sites is 2. The van der Waals surface area contributed by atoms with Crippen LogP contribution >= 0.6 is 11.8 Å². The van der Waals surface area contributed by atoms with Crippen LogP contribution in [0.15, 0.2) is 100 Å². The van der Waals surface area contributed by atoms with Gasteiger partial charge in [-0.25, -0.2) is 9.79 Å². The van der Waals surface area contributed by atoms with E-state index in [0.29, 0.717) is 28.0 Å². The Labute approximate surface area is 243 Å². The van der Waals surface area contributed by atoms with Crippen molar-refractivity contribution >= 4 is 45.4 Å². The van der Waals surface area contributed by atoms with Crippen molar-refractivity contribution in [2.24, 2.45) is 4.99 Å². The van der Waals surface area contributed by atoms with Gasteiger partial charge in [-0.3, -0.25) is 0 Å². The molecule has 41 heavy (non-hydrogen) atoms. The third-order valence-corrected chi connectivity index (χ3v) is 7.69. The van der Waals surface area contributed by atoms with E-state index in [1.807, 2.05) is 49.4 Å². The predicted molar refractivity (Wildman–Crippen MR) is 165 cm³/mol. The van der Waals surface area contributed by atoms with Crippen LogP contribution in [0.25, 0.3) is 17.0 Å². The maximum Gasteiger partial charge on any atom is 0.344 e. The monoisotopic (exact) mass is 568 g/mol. The molecule has 5 rings (SSSR count). The molecular formula is C33H32N2O5S. The van der Waals surface area contributed by atoms with Crippen LogP contribution in [0.4, 0.5) is 5.69 Å².